The van der Waals surface area contributed by atoms with E-state index >= 15 is 0 Å². The molecular weight excluding hydrogens is 324 g/mol. The molecule has 1 saturated carbocycles. The molecule has 1 fully saturated rings. The Morgan fingerprint density at radius 2 is 2.22 bits per heavy atom. The minimum atomic E-state index is -0.619. The summed E-state index contributed by atoms with van der Waals surface area (Å²) in [4.78, 5) is 32.3. The normalized spacial score (nSPS) is 15.3. The Morgan fingerprint density at radius 1 is 1.57 bits per heavy atom. The number of anilines is 1. The molecule has 0 unspecified atom stereocenters. The number of nitrogens with zero attached hydrogens (tertiary/aromatic N) is 4. The van der Waals surface area contributed by atoms with Gasteiger partial charge in [-0.25, -0.2) is 4.98 Å². The number of carbonyl (C=O) groups excluding carboxylic acids is 1. The molecule has 0 atom stereocenters. The summed E-state index contributed by atoms with van der Waals surface area (Å²) >= 11 is 5.81. The van der Waals surface area contributed by atoms with E-state index in [0.717, 1.165) is 6.20 Å². The van der Waals surface area contributed by atoms with Crippen molar-refractivity contribution in [1.29, 1.82) is 0 Å². The van der Waals surface area contributed by atoms with Gasteiger partial charge in [-0.3, -0.25) is 14.9 Å². The fourth-order valence-electron chi connectivity index (χ4n) is 2.38. The van der Waals surface area contributed by atoms with E-state index in [2.05, 4.69) is 9.97 Å². The molecule has 0 bridgehead atoms. The number of hydrogen-bond donors (Lipinski definition) is 0. The van der Waals surface area contributed by atoms with Gasteiger partial charge in [-0.05, 0) is 45.2 Å². The predicted octanol–water partition coefficient (Wildman–Crippen LogP) is 2.60. The highest BCUT2D eigenvalue weighted by atomic mass is 35.5. The van der Waals surface area contributed by atoms with E-state index in [1.807, 2.05) is 13.8 Å². The fourth-order valence-corrected chi connectivity index (χ4v) is 2.50. The Morgan fingerprint density at radius 3 is 2.70 bits per heavy atom. The monoisotopic (exact) mass is 342 g/mol. The number of rotatable bonds is 7. The minimum Gasteiger partial charge on any atom is -0.466 e. The van der Waals surface area contributed by atoms with Crippen molar-refractivity contribution in [3.8, 4) is 0 Å². The molecule has 0 radical (unpaired) electrons. The van der Waals surface area contributed by atoms with Crippen LogP contribution in [0.25, 0.3) is 0 Å². The number of carbonyl (C=O) groups is 1. The molecule has 0 aliphatic heterocycles. The second kappa shape index (κ2) is 6.66. The first-order valence-corrected chi connectivity index (χ1v) is 7.79. The summed E-state index contributed by atoms with van der Waals surface area (Å²) in [7, 11) is 0. The van der Waals surface area contributed by atoms with E-state index < -0.39 is 10.3 Å². The van der Waals surface area contributed by atoms with Crippen molar-refractivity contribution >= 4 is 29.1 Å². The van der Waals surface area contributed by atoms with E-state index in [9.17, 15) is 14.9 Å². The number of halogens is 1. The summed E-state index contributed by atoms with van der Waals surface area (Å²) in [5.41, 5.74) is -0.853. The van der Waals surface area contributed by atoms with Crippen LogP contribution in [0.4, 0.5) is 11.5 Å². The number of esters is 1. The predicted molar refractivity (Wildman–Crippen MR) is 84.5 cm³/mol. The fraction of sp³-hybridized carbons (Fsp3) is 0.643. The van der Waals surface area contributed by atoms with Gasteiger partial charge < -0.3 is 9.64 Å². The average molecular weight is 343 g/mol. The Balaban J connectivity index is 2.35. The largest absolute Gasteiger partial charge is 0.466 e. The molecule has 0 spiro atoms. The molecule has 2 rings (SSSR count). The minimum absolute atomic E-state index is 0.0720. The first-order chi connectivity index (χ1) is 10.8. The van der Waals surface area contributed by atoms with Crippen LogP contribution in [0.5, 0.6) is 0 Å². The van der Waals surface area contributed by atoms with Crippen LogP contribution in [-0.2, 0) is 9.53 Å². The average Bonchev–Trinajstić information content (AvgIpc) is 3.25. The lowest BCUT2D eigenvalue weighted by Gasteiger charge is -2.30. The molecule has 1 aliphatic rings. The van der Waals surface area contributed by atoms with Crippen molar-refractivity contribution in [1.82, 2.24) is 9.97 Å². The molecule has 8 nitrogen and oxygen atoms in total. The summed E-state index contributed by atoms with van der Waals surface area (Å²) in [5, 5.41) is 11.2. The zero-order valence-electron chi connectivity index (χ0n) is 13.3. The van der Waals surface area contributed by atoms with E-state index in [4.69, 9.17) is 16.3 Å². The second-order valence-electron chi connectivity index (χ2n) is 5.83. The summed E-state index contributed by atoms with van der Waals surface area (Å²) < 4.78 is 5.13. The molecule has 0 amide bonds. The van der Waals surface area contributed by atoms with Gasteiger partial charge in [-0.15, -0.1) is 0 Å². The van der Waals surface area contributed by atoms with Crippen molar-refractivity contribution in [2.45, 2.75) is 39.7 Å². The molecule has 23 heavy (non-hydrogen) atoms. The van der Waals surface area contributed by atoms with Crippen LogP contribution in [-0.4, -0.2) is 40.1 Å². The van der Waals surface area contributed by atoms with Crippen molar-refractivity contribution < 1.29 is 14.5 Å². The third kappa shape index (κ3) is 3.69. The van der Waals surface area contributed by atoms with Crippen LogP contribution < -0.4 is 4.90 Å². The Labute approximate surface area is 139 Å². The zero-order valence-corrected chi connectivity index (χ0v) is 14.0. The number of nitro groups is 1. The highest BCUT2D eigenvalue weighted by Gasteiger charge is 2.53. The Hall–Kier alpha value is -1.96. The molecule has 1 aromatic rings. The van der Waals surface area contributed by atoms with Gasteiger partial charge in [0.1, 0.15) is 6.20 Å². The summed E-state index contributed by atoms with van der Waals surface area (Å²) in [5.74, 6) is -0.144. The molecule has 126 valence electrons. The smallest absolute Gasteiger partial charge is 0.329 e. The van der Waals surface area contributed by atoms with Gasteiger partial charge in [0.2, 0.25) is 11.1 Å². The molecule has 0 aromatic carbocycles. The van der Waals surface area contributed by atoms with Crippen LogP contribution >= 0.6 is 11.6 Å². The van der Waals surface area contributed by atoms with Crippen LogP contribution in [0.15, 0.2) is 6.20 Å². The number of aromatic nitrogens is 2. The maximum absolute atomic E-state index is 12.2. The van der Waals surface area contributed by atoms with Gasteiger partial charge in [-0.2, -0.15) is 4.98 Å². The summed E-state index contributed by atoms with van der Waals surface area (Å²) in [6, 6.07) is -0.105. The van der Waals surface area contributed by atoms with Crippen LogP contribution in [0.1, 0.15) is 33.6 Å². The molecule has 9 heteroatoms. The van der Waals surface area contributed by atoms with E-state index in [-0.39, 0.29) is 28.8 Å². The standard InChI is InChI=1S/C14H19ClN4O4/c1-4-23-12(20)14(5-6-14)8-18(9(2)3)11-10(19(21)22)7-16-13(15)17-11/h7,9H,4-6,8H2,1-3H3. The van der Waals surface area contributed by atoms with Crippen molar-refractivity contribution in [3.63, 3.8) is 0 Å². The quantitative estimate of drug-likeness (QED) is 0.325. The molecular formula is C14H19ClN4O4. The third-order valence-electron chi connectivity index (χ3n) is 3.85. The highest BCUT2D eigenvalue weighted by molar-refractivity contribution is 6.28. The van der Waals surface area contributed by atoms with Gasteiger partial charge >= 0.3 is 11.7 Å². The molecule has 1 aliphatic carbocycles. The van der Waals surface area contributed by atoms with Gasteiger partial charge in [-0.1, -0.05) is 0 Å². The Bertz CT molecular complexity index is 619. The van der Waals surface area contributed by atoms with E-state index in [1.165, 1.54) is 0 Å². The molecule has 1 aromatic heterocycles. The highest BCUT2D eigenvalue weighted by Crippen LogP contribution is 2.48. The summed E-state index contributed by atoms with van der Waals surface area (Å²) in [6.07, 6.45) is 2.48. The first kappa shape index (κ1) is 17.4. The van der Waals surface area contributed by atoms with Gasteiger partial charge in [0.15, 0.2) is 0 Å². The molecule has 1 heterocycles. The van der Waals surface area contributed by atoms with Gasteiger partial charge in [0.25, 0.3) is 0 Å². The SMILES string of the molecule is CCOC(=O)C1(CN(c2nc(Cl)ncc2[N+](=O)[O-])C(C)C)CC1. The third-order valence-corrected chi connectivity index (χ3v) is 4.03. The van der Waals surface area contributed by atoms with Gasteiger partial charge in [0, 0.05) is 12.6 Å². The van der Waals surface area contributed by atoms with Crippen molar-refractivity contribution in [2.75, 3.05) is 18.1 Å². The van der Waals surface area contributed by atoms with Crippen LogP contribution in [0, 0.1) is 15.5 Å². The lowest BCUT2D eigenvalue weighted by Crippen LogP contribution is -2.40. The lowest BCUT2D eigenvalue weighted by molar-refractivity contribution is -0.384. The second-order valence-corrected chi connectivity index (χ2v) is 6.17. The lowest BCUT2D eigenvalue weighted by atomic mass is 10.1. The number of hydrogen-bond acceptors (Lipinski definition) is 7. The zero-order chi connectivity index (χ0) is 17.2. The van der Waals surface area contributed by atoms with E-state index in [0.29, 0.717) is 26.0 Å². The molecule has 0 N–H and O–H groups in total. The van der Waals surface area contributed by atoms with Gasteiger partial charge in [0.05, 0.1) is 16.9 Å². The van der Waals surface area contributed by atoms with Crippen LogP contribution in [0.2, 0.25) is 5.28 Å². The maximum atomic E-state index is 12.2. The Kier molecular flexibility index (Phi) is 5.03. The molecule has 0 saturated heterocycles. The van der Waals surface area contributed by atoms with E-state index in [1.54, 1.807) is 11.8 Å². The maximum Gasteiger partial charge on any atom is 0.329 e. The number of ether oxygens (including phenoxy) is 1. The van der Waals surface area contributed by atoms with Crippen LogP contribution in [0.3, 0.4) is 0 Å². The van der Waals surface area contributed by atoms with Crippen molar-refractivity contribution in [2.24, 2.45) is 5.41 Å². The van der Waals surface area contributed by atoms with Crippen molar-refractivity contribution in [3.05, 3.63) is 21.6 Å². The summed E-state index contributed by atoms with van der Waals surface area (Å²) in [6.45, 7) is 6.12. The first-order valence-electron chi connectivity index (χ1n) is 7.41. The topological polar surface area (TPSA) is 98.5 Å².